The zero-order chi connectivity index (χ0) is 16.6. The van der Waals surface area contributed by atoms with Crippen LogP contribution in [-0.2, 0) is 4.79 Å². The summed E-state index contributed by atoms with van der Waals surface area (Å²) in [5.41, 5.74) is 0.0325. The predicted molar refractivity (Wildman–Crippen MR) is 87.9 cm³/mol. The van der Waals surface area contributed by atoms with Crippen molar-refractivity contribution in [3.8, 4) is 0 Å². The van der Waals surface area contributed by atoms with Gasteiger partial charge in [0.05, 0.1) is 17.2 Å². The molecule has 1 saturated carbocycles. The first kappa shape index (κ1) is 16.2. The highest BCUT2D eigenvalue weighted by molar-refractivity contribution is 9.10. The average molecular weight is 382 g/mol. The molecule has 6 nitrogen and oxygen atoms in total. The minimum absolute atomic E-state index is 0.0758. The second-order valence-corrected chi connectivity index (χ2v) is 7.42. The molecule has 1 unspecified atom stereocenters. The molecule has 2 heterocycles. The Morgan fingerprint density at radius 1 is 1.52 bits per heavy atom. The van der Waals surface area contributed by atoms with E-state index in [4.69, 9.17) is 0 Å². The van der Waals surface area contributed by atoms with Crippen LogP contribution in [0.2, 0.25) is 0 Å². The first-order valence-corrected chi connectivity index (χ1v) is 8.62. The highest BCUT2D eigenvalue weighted by atomic mass is 79.9. The molecule has 1 saturated heterocycles. The molecule has 2 N–H and O–H groups in total. The van der Waals surface area contributed by atoms with Gasteiger partial charge in [-0.05, 0) is 53.7 Å². The van der Waals surface area contributed by atoms with Crippen LogP contribution in [0.3, 0.4) is 0 Å². The molecule has 0 bridgehead atoms. The summed E-state index contributed by atoms with van der Waals surface area (Å²) in [7, 11) is 0. The maximum absolute atomic E-state index is 12.5. The summed E-state index contributed by atoms with van der Waals surface area (Å²) in [6.07, 6.45) is 4.18. The lowest BCUT2D eigenvalue weighted by molar-refractivity contribution is -0.149. The molecule has 1 aromatic heterocycles. The summed E-state index contributed by atoms with van der Waals surface area (Å²) in [6.45, 7) is 2.70. The van der Waals surface area contributed by atoms with Gasteiger partial charge in [-0.3, -0.25) is 9.78 Å². The highest BCUT2D eigenvalue weighted by Crippen LogP contribution is 2.48. The van der Waals surface area contributed by atoms with Crippen molar-refractivity contribution >= 4 is 27.9 Å². The first-order valence-electron chi connectivity index (χ1n) is 7.83. The van der Waals surface area contributed by atoms with Crippen LogP contribution in [0.25, 0.3) is 0 Å². The number of fused-ring (bicyclic) bond motifs is 1. The zero-order valence-corrected chi connectivity index (χ0v) is 14.5. The van der Waals surface area contributed by atoms with Gasteiger partial charge in [-0.1, -0.05) is 6.42 Å². The molecule has 0 spiro atoms. The van der Waals surface area contributed by atoms with Gasteiger partial charge in [-0.25, -0.2) is 4.79 Å². The van der Waals surface area contributed by atoms with Crippen LogP contribution in [0, 0.1) is 11.3 Å². The van der Waals surface area contributed by atoms with E-state index in [9.17, 15) is 14.7 Å². The Labute approximate surface area is 143 Å². The lowest BCUT2D eigenvalue weighted by Gasteiger charge is -2.24. The van der Waals surface area contributed by atoms with Crippen molar-refractivity contribution in [2.75, 3.05) is 13.1 Å². The van der Waals surface area contributed by atoms with E-state index in [1.54, 1.807) is 11.1 Å². The molecule has 3 atom stereocenters. The number of halogens is 1. The second-order valence-electron chi connectivity index (χ2n) is 6.50. The Morgan fingerprint density at radius 2 is 2.30 bits per heavy atom. The number of urea groups is 1. The Kier molecular flexibility index (Phi) is 4.31. The minimum atomic E-state index is -0.766. The third kappa shape index (κ3) is 2.94. The molecule has 0 aromatic carbocycles. The van der Waals surface area contributed by atoms with Crippen molar-refractivity contribution in [1.82, 2.24) is 15.2 Å². The largest absolute Gasteiger partial charge is 0.481 e. The van der Waals surface area contributed by atoms with Crippen molar-refractivity contribution in [2.45, 2.75) is 32.2 Å². The smallest absolute Gasteiger partial charge is 0.317 e. The number of nitrogens with zero attached hydrogens (tertiary/aromatic N) is 2. The van der Waals surface area contributed by atoms with Crippen molar-refractivity contribution in [3.05, 3.63) is 28.5 Å². The maximum atomic E-state index is 12.5. The van der Waals surface area contributed by atoms with Gasteiger partial charge >= 0.3 is 12.0 Å². The number of amides is 2. The number of carboxylic acids is 1. The molecule has 124 valence electrons. The molecule has 2 amide bonds. The molecule has 7 heteroatoms. The lowest BCUT2D eigenvalue weighted by atomic mass is 9.81. The number of rotatable bonds is 3. The number of nitrogens with one attached hydrogen (secondary N) is 1. The molecule has 0 radical (unpaired) electrons. The van der Waals surface area contributed by atoms with Crippen LogP contribution in [0.5, 0.6) is 0 Å². The molecule has 2 fully saturated rings. The van der Waals surface area contributed by atoms with E-state index in [-0.39, 0.29) is 18.0 Å². The van der Waals surface area contributed by atoms with Crippen molar-refractivity contribution in [3.63, 3.8) is 0 Å². The Hall–Kier alpha value is -1.63. The monoisotopic (exact) mass is 381 g/mol. The Morgan fingerprint density at radius 3 is 2.91 bits per heavy atom. The number of likely N-dealkylation sites (tertiary alicyclic amines) is 1. The predicted octanol–water partition coefficient (Wildman–Crippen LogP) is 2.80. The van der Waals surface area contributed by atoms with Crippen molar-refractivity contribution < 1.29 is 14.7 Å². The van der Waals surface area contributed by atoms with E-state index in [1.807, 2.05) is 19.1 Å². The topological polar surface area (TPSA) is 82.5 Å². The Balaban J connectivity index is 1.65. The van der Waals surface area contributed by atoms with Crippen LogP contribution >= 0.6 is 15.9 Å². The summed E-state index contributed by atoms with van der Waals surface area (Å²) in [4.78, 5) is 30.1. The molecule has 3 rings (SSSR count). The lowest BCUT2D eigenvalue weighted by Crippen LogP contribution is -2.42. The number of carbonyl (C=O) groups is 2. The number of carboxylic acid groups (broad SMARTS) is 1. The standard InChI is InChI=1S/C16H20BrN3O3/c1-10(13-5-4-12(17)7-18-13)19-15(23)20-8-11-3-2-6-16(11,9-20)14(21)22/h4-5,7,10-11H,2-3,6,8-9H2,1H3,(H,19,23)(H,21,22)/t10?,11-,16+/m0/s1. The summed E-state index contributed by atoms with van der Waals surface area (Å²) in [6, 6.07) is 3.30. The van der Waals surface area contributed by atoms with Gasteiger partial charge in [0.25, 0.3) is 0 Å². The molecular weight excluding hydrogens is 362 g/mol. The van der Waals surface area contributed by atoms with E-state index < -0.39 is 11.4 Å². The van der Waals surface area contributed by atoms with Gasteiger partial charge in [-0.2, -0.15) is 0 Å². The number of carbonyl (C=O) groups excluding carboxylic acids is 1. The maximum Gasteiger partial charge on any atom is 0.317 e. The zero-order valence-electron chi connectivity index (χ0n) is 13.0. The summed E-state index contributed by atoms with van der Waals surface area (Å²) < 4.78 is 0.885. The van der Waals surface area contributed by atoms with E-state index in [2.05, 4.69) is 26.2 Å². The molecule has 2 aliphatic rings. The molecule has 23 heavy (non-hydrogen) atoms. The van der Waals surface area contributed by atoms with Crippen molar-refractivity contribution in [1.29, 1.82) is 0 Å². The van der Waals surface area contributed by atoms with Gasteiger partial charge in [0, 0.05) is 23.8 Å². The van der Waals surface area contributed by atoms with Crippen LogP contribution in [-0.4, -0.2) is 40.1 Å². The molecular formula is C16H20BrN3O3. The van der Waals surface area contributed by atoms with Crippen LogP contribution in [0.15, 0.2) is 22.8 Å². The van der Waals surface area contributed by atoms with E-state index >= 15 is 0 Å². The average Bonchev–Trinajstić information content (AvgIpc) is 3.05. The van der Waals surface area contributed by atoms with Crippen LogP contribution < -0.4 is 5.32 Å². The Bertz CT molecular complexity index is 622. The highest BCUT2D eigenvalue weighted by Gasteiger charge is 2.55. The number of pyridine rings is 1. The number of aliphatic carboxylic acids is 1. The van der Waals surface area contributed by atoms with E-state index in [0.717, 1.165) is 23.0 Å². The van der Waals surface area contributed by atoms with Gasteiger partial charge in [-0.15, -0.1) is 0 Å². The van der Waals surface area contributed by atoms with Gasteiger partial charge in [0.2, 0.25) is 0 Å². The second kappa shape index (κ2) is 6.11. The van der Waals surface area contributed by atoms with Gasteiger partial charge < -0.3 is 15.3 Å². The van der Waals surface area contributed by atoms with Crippen LogP contribution in [0.1, 0.15) is 37.9 Å². The summed E-state index contributed by atoms with van der Waals surface area (Å²) >= 11 is 3.33. The van der Waals surface area contributed by atoms with Crippen LogP contribution in [0.4, 0.5) is 4.79 Å². The van der Waals surface area contributed by atoms with Gasteiger partial charge in [0.1, 0.15) is 0 Å². The minimum Gasteiger partial charge on any atom is -0.481 e. The fourth-order valence-electron chi connectivity index (χ4n) is 3.79. The number of aromatic nitrogens is 1. The summed E-state index contributed by atoms with van der Waals surface area (Å²) in [5, 5.41) is 12.5. The van der Waals surface area contributed by atoms with E-state index in [1.165, 1.54) is 0 Å². The third-order valence-electron chi connectivity index (χ3n) is 5.12. The summed E-state index contributed by atoms with van der Waals surface area (Å²) in [5.74, 6) is -0.690. The first-order chi connectivity index (χ1) is 10.9. The fourth-order valence-corrected chi connectivity index (χ4v) is 4.02. The number of hydrogen-bond acceptors (Lipinski definition) is 3. The molecule has 1 aliphatic heterocycles. The van der Waals surface area contributed by atoms with E-state index in [0.29, 0.717) is 19.5 Å². The fraction of sp³-hybridized carbons (Fsp3) is 0.562. The normalized spacial score (nSPS) is 27.6. The van der Waals surface area contributed by atoms with Gasteiger partial charge in [0.15, 0.2) is 0 Å². The molecule has 1 aromatic rings. The SMILES string of the molecule is CC(NC(=O)N1C[C@@H]2CCC[C@@]2(C(=O)O)C1)c1ccc(Br)cn1. The number of hydrogen-bond donors (Lipinski definition) is 2. The van der Waals surface area contributed by atoms with Crippen molar-refractivity contribution in [2.24, 2.45) is 11.3 Å². The third-order valence-corrected chi connectivity index (χ3v) is 5.59. The quantitative estimate of drug-likeness (QED) is 0.842. The molecule has 1 aliphatic carbocycles.